The van der Waals surface area contributed by atoms with Crippen LogP contribution in [0, 0.1) is 0 Å². The van der Waals surface area contributed by atoms with Crippen LogP contribution in [0.3, 0.4) is 0 Å². The van der Waals surface area contributed by atoms with E-state index >= 15 is 0 Å². The molecule has 0 spiro atoms. The average molecular weight is 377 g/mol. The lowest BCUT2D eigenvalue weighted by atomic mass is 9.81. The van der Waals surface area contributed by atoms with Crippen molar-refractivity contribution in [2.75, 3.05) is 31.2 Å². The summed E-state index contributed by atoms with van der Waals surface area (Å²) in [5.41, 5.74) is 2.34. The fourth-order valence-electron chi connectivity index (χ4n) is 3.69. The molecule has 132 valence electrons. The highest BCUT2D eigenvalue weighted by Crippen LogP contribution is 2.42. The maximum Gasteiger partial charge on any atom is 0.261 e. The van der Waals surface area contributed by atoms with Crippen LogP contribution in [0.5, 0.6) is 0 Å². The van der Waals surface area contributed by atoms with Gasteiger partial charge in [-0.25, -0.2) is 0 Å². The van der Waals surface area contributed by atoms with Crippen molar-refractivity contribution in [3.63, 3.8) is 0 Å². The molecule has 1 saturated heterocycles. The first-order valence-corrected chi connectivity index (χ1v) is 9.89. The first-order chi connectivity index (χ1) is 12.2. The third-order valence-electron chi connectivity index (χ3n) is 5.00. The monoisotopic (exact) mass is 376 g/mol. The van der Waals surface area contributed by atoms with E-state index in [4.69, 9.17) is 16.3 Å². The summed E-state index contributed by atoms with van der Waals surface area (Å²) < 4.78 is 5.45. The number of hydrogen-bond donors (Lipinski definition) is 1. The molecule has 1 fully saturated rings. The van der Waals surface area contributed by atoms with Gasteiger partial charge in [0.25, 0.3) is 5.91 Å². The molecule has 2 aliphatic heterocycles. The Bertz CT molecular complexity index is 768. The highest BCUT2D eigenvalue weighted by molar-refractivity contribution is 7.18. The Morgan fingerprint density at radius 3 is 2.68 bits per heavy atom. The molecule has 0 saturated carbocycles. The molecule has 1 N–H and O–H groups in total. The summed E-state index contributed by atoms with van der Waals surface area (Å²) in [6, 6.07) is 10.3. The standard InChI is InChI=1S/C19H21ClN2O2S/c1-2-15-17(12-3-5-13(20)6-4-12)14-11-16(22-7-9-24-10-8-22)25-18(14)19(23)21-15/h3-6,11,15,17H,2,7-10H2,1H3,(H,21,23)/t15-,17+/m0/s1. The summed E-state index contributed by atoms with van der Waals surface area (Å²) in [5.74, 6) is 0.220. The number of ether oxygens (including phenoxy) is 1. The van der Waals surface area contributed by atoms with Gasteiger partial charge in [-0.15, -0.1) is 11.3 Å². The van der Waals surface area contributed by atoms with Crippen LogP contribution in [-0.2, 0) is 4.74 Å². The van der Waals surface area contributed by atoms with Crippen LogP contribution < -0.4 is 10.2 Å². The third kappa shape index (κ3) is 3.16. The first kappa shape index (κ1) is 16.9. The SMILES string of the molecule is CC[C@@H]1NC(=O)c2sc(N3CCOCC3)cc2[C@H]1c1ccc(Cl)cc1. The van der Waals surface area contributed by atoms with Crippen molar-refractivity contribution in [3.8, 4) is 0 Å². The van der Waals surface area contributed by atoms with Gasteiger partial charge in [-0.2, -0.15) is 0 Å². The van der Waals surface area contributed by atoms with Crippen LogP contribution in [0.25, 0.3) is 0 Å². The topological polar surface area (TPSA) is 41.6 Å². The molecular weight excluding hydrogens is 356 g/mol. The molecule has 0 unspecified atom stereocenters. The number of fused-ring (bicyclic) bond motifs is 1. The number of anilines is 1. The van der Waals surface area contributed by atoms with E-state index in [2.05, 4.69) is 35.3 Å². The lowest BCUT2D eigenvalue weighted by molar-refractivity contribution is 0.0923. The van der Waals surface area contributed by atoms with Gasteiger partial charge in [-0.3, -0.25) is 4.79 Å². The van der Waals surface area contributed by atoms with E-state index in [0.29, 0.717) is 0 Å². The first-order valence-electron chi connectivity index (χ1n) is 8.70. The summed E-state index contributed by atoms with van der Waals surface area (Å²) in [6.45, 7) is 5.36. The fourth-order valence-corrected chi connectivity index (χ4v) is 4.98. The van der Waals surface area contributed by atoms with Gasteiger partial charge in [0.1, 0.15) is 0 Å². The fraction of sp³-hybridized carbons (Fsp3) is 0.421. The zero-order valence-electron chi connectivity index (χ0n) is 14.1. The summed E-state index contributed by atoms with van der Waals surface area (Å²) in [5, 5.41) is 5.10. The van der Waals surface area contributed by atoms with Crippen LogP contribution in [0.4, 0.5) is 5.00 Å². The number of carbonyl (C=O) groups excluding carboxylic acids is 1. The van der Waals surface area contributed by atoms with Crippen LogP contribution >= 0.6 is 22.9 Å². The molecule has 0 aliphatic carbocycles. The van der Waals surface area contributed by atoms with Gasteiger partial charge < -0.3 is 15.0 Å². The Hall–Kier alpha value is -1.56. The molecule has 4 nitrogen and oxygen atoms in total. The Kier molecular flexibility index (Phi) is 4.71. The van der Waals surface area contributed by atoms with Crippen LogP contribution in [0.15, 0.2) is 30.3 Å². The van der Waals surface area contributed by atoms with Crippen molar-refractivity contribution in [3.05, 3.63) is 51.4 Å². The molecule has 3 heterocycles. The van der Waals surface area contributed by atoms with Crippen molar-refractivity contribution in [1.29, 1.82) is 0 Å². The Morgan fingerprint density at radius 2 is 2.00 bits per heavy atom. The molecule has 1 amide bonds. The maximum absolute atomic E-state index is 12.6. The number of amides is 1. The van der Waals surface area contributed by atoms with Crippen LogP contribution in [0.1, 0.15) is 40.1 Å². The van der Waals surface area contributed by atoms with Gasteiger partial charge in [0.15, 0.2) is 0 Å². The predicted molar refractivity (Wildman–Crippen MR) is 102 cm³/mol. The zero-order chi connectivity index (χ0) is 17.4. The molecule has 1 aromatic carbocycles. The summed E-state index contributed by atoms with van der Waals surface area (Å²) >= 11 is 7.66. The van der Waals surface area contributed by atoms with E-state index in [1.807, 2.05) is 12.1 Å². The number of carbonyl (C=O) groups is 1. The van der Waals surface area contributed by atoms with E-state index in [0.717, 1.165) is 48.2 Å². The summed E-state index contributed by atoms with van der Waals surface area (Å²) in [7, 11) is 0. The van der Waals surface area contributed by atoms with E-state index in [1.165, 1.54) is 10.6 Å². The number of nitrogens with one attached hydrogen (secondary N) is 1. The molecular formula is C19H21ClN2O2S. The molecule has 2 aliphatic rings. The smallest absolute Gasteiger partial charge is 0.261 e. The van der Waals surface area contributed by atoms with E-state index in [1.54, 1.807) is 11.3 Å². The van der Waals surface area contributed by atoms with Crippen molar-refractivity contribution in [1.82, 2.24) is 5.32 Å². The number of halogens is 1. The number of benzene rings is 1. The summed E-state index contributed by atoms with van der Waals surface area (Å²) in [6.07, 6.45) is 0.890. The molecule has 0 bridgehead atoms. The molecule has 2 aromatic rings. The van der Waals surface area contributed by atoms with Gasteiger partial charge in [0, 0.05) is 30.1 Å². The van der Waals surface area contributed by atoms with Crippen molar-refractivity contribution >= 4 is 33.8 Å². The summed E-state index contributed by atoms with van der Waals surface area (Å²) in [4.78, 5) is 15.8. The second kappa shape index (κ2) is 6.98. The lowest BCUT2D eigenvalue weighted by Gasteiger charge is -2.32. The van der Waals surface area contributed by atoms with E-state index in [-0.39, 0.29) is 17.9 Å². The second-order valence-corrected chi connectivity index (χ2v) is 7.95. The van der Waals surface area contributed by atoms with E-state index < -0.39 is 0 Å². The number of morpholine rings is 1. The minimum absolute atomic E-state index is 0.0524. The zero-order valence-corrected chi connectivity index (χ0v) is 15.7. The molecule has 0 radical (unpaired) electrons. The molecule has 1 aromatic heterocycles. The molecule has 4 rings (SSSR count). The Balaban J connectivity index is 1.76. The average Bonchev–Trinajstić information content (AvgIpc) is 3.09. The number of nitrogens with zero attached hydrogens (tertiary/aromatic N) is 1. The number of hydrogen-bond acceptors (Lipinski definition) is 4. The minimum atomic E-state index is 0.0524. The molecule has 25 heavy (non-hydrogen) atoms. The highest BCUT2D eigenvalue weighted by Gasteiger charge is 2.36. The van der Waals surface area contributed by atoms with Gasteiger partial charge in [-0.1, -0.05) is 30.7 Å². The third-order valence-corrected chi connectivity index (χ3v) is 6.46. The normalized spacial score (nSPS) is 23.3. The predicted octanol–water partition coefficient (Wildman–Crippen LogP) is 3.89. The van der Waals surface area contributed by atoms with Crippen molar-refractivity contribution < 1.29 is 9.53 Å². The number of rotatable bonds is 3. The van der Waals surface area contributed by atoms with Crippen molar-refractivity contribution in [2.45, 2.75) is 25.3 Å². The van der Waals surface area contributed by atoms with Crippen molar-refractivity contribution in [2.24, 2.45) is 0 Å². The van der Waals surface area contributed by atoms with Gasteiger partial charge in [0.05, 0.1) is 23.1 Å². The van der Waals surface area contributed by atoms with Gasteiger partial charge in [-0.05, 0) is 35.7 Å². The highest BCUT2D eigenvalue weighted by atomic mass is 35.5. The quantitative estimate of drug-likeness (QED) is 0.883. The van der Waals surface area contributed by atoms with Gasteiger partial charge in [0.2, 0.25) is 0 Å². The van der Waals surface area contributed by atoms with Gasteiger partial charge >= 0.3 is 0 Å². The second-order valence-electron chi connectivity index (χ2n) is 6.49. The Labute approximate surface area is 156 Å². The van der Waals surface area contributed by atoms with Crippen LogP contribution in [-0.4, -0.2) is 38.3 Å². The number of thiophene rings is 1. The minimum Gasteiger partial charge on any atom is -0.378 e. The maximum atomic E-state index is 12.6. The van der Waals surface area contributed by atoms with Crippen LogP contribution in [0.2, 0.25) is 5.02 Å². The largest absolute Gasteiger partial charge is 0.378 e. The molecule has 2 atom stereocenters. The van der Waals surface area contributed by atoms with E-state index in [9.17, 15) is 4.79 Å². The Morgan fingerprint density at radius 1 is 1.28 bits per heavy atom. The molecule has 6 heteroatoms. The lowest BCUT2D eigenvalue weighted by Crippen LogP contribution is -2.43.